The van der Waals surface area contributed by atoms with E-state index in [0.29, 0.717) is 11.3 Å². The molecule has 0 saturated heterocycles. The van der Waals surface area contributed by atoms with Gasteiger partial charge in [-0.3, -0.25) is 0 Å². The van der Waals surface area contributed by atoms with E-state index in [-0.39, 0.29) is 11.0 Å². The van der Waals surface area contributed by atoms with Gasteiger partial charge in [0, 0.05) is 12.4 Å². The normalized spacial score (nSPS) is 9.89. The molecule has 1 aromatic heterocycles. The second-order valence-corrected chi connectivity index (χ2v) is 3.60. The van der Waals surface area contributed by atoms with Crippen molar-refractivity contribution in [3.05, 3.63) is 47.4 Å². The smallest absolute Gasteiger partial charge is 0.341 e. The highest BCUT2D eigenvalue weighted by atomic mass is 35.5. The van der Waals surface area contributed by atoms with Crippen LogP contribution in [0.5, 0.6) is 11.6 Å². The van der Waals surface area contributed by atoms with Crippen molar-refractivity contribution in [2.45, 2.75) is 0 Å². The molecule has 0 spiro atoms. The summed E-state index contributed by atoms with van der Waals surface area (Å²) in [5.41, 5.74) is 0.293. The van der Waals surface area contributed by atoms with Crippen LogP contribution in [0, 0.1) is 0 Å². The minimum absolute atomic E-state index is 0.122. The Labute approximate surface area is 108 Å². The van der Waals surface area contributed by atoms with Gasteiger partial charge in [0.1, 0.15) is 11.3 Å². The molecule has 0 N–H and O–H groups in total. The molecule has 0 aliphatic heterocycles. The summed E-state index contributed by atoms with van der Waals surface area (Å²) >= 11 is 5.83. The summed E-state index contributed by atoms with van der Waals surface area (Å²) in [6, 6.07) is 6.64. The summed E-state index contributed by atoms with van der Waals surface area (Å²) in [5, 5.41) is 0.122. The number of carbonyl (C=O) groups is 1. The molecule has 6 heteroatoms. The Morgan fingerprint density at radius 1 is 1.22 bits per heavy atom. The fourth-order valence-corrected chi connectivity index (χ4v) is 1.46. The van der Waals surface area contributed by atoms with Gasteiger partial charge in [-0.05, 0) is 12.1 Å². The predicted octanol–water partition coefficient (Wildman–Crippen LogP) is 2.71. The first-order chi connectivity index (χ1) is 8.72. The summed E-state index contributed by atoms with van der Waals surface area (Å²) in [6.07, 6.45) is 2.89. The third-order valence-electron chi connectivity index (χ3n) is 2.12. The van der Waals surface area contributed by atoms with Gasteiger partial charge in [-0.1, -0.05) is 23.7 Å². The van der Waals surface area contributed by atoms with Gasteiger partial charge in [0.25, 0.3) is 5.88 Å². The number of para-hydroxylation sites is 1. The maximum Gasteiger partial charge on any atom is 0.341 e. The van der Waals surface area contributed by atoms with E-state index < -0.39 is 5.97 Å². The molecule has 2 aromatic rings. The lowest BCUT2D eigenvalue weighted by atomic mass is 10.2. The summed E-state index contributed by atoms with van der Waals surface area (Å²) in [5.74, 6) is -0.0483. The quantitative estimate of drug-likeness (QED) is 0.798. The first kappa shape index (κ1) is 12.3. The number of hydrogen-bond acceptors (Lipinski definition) is 5. The van der Waals surface area contributed by atoms with Crippen LogP contribution in [0.2, 0.25) is 5.15 Å². The second kappa shape index (κ2) is 5.46. The molecule has 0 amide bonds. The third kappa shape index (κ3) is 2.57. The van der Waals surface area contributed by atoms with Crippen molar-refractivity contribution < 1.29 is 14.3 Å². The Balaban J connectivity index is 2.35. The number of rotatable bonds is 3. The largest absolute Gasteiger partial charge is 0.465 e. The first-order valence-electron chi connectivity index (χ1n) is 5.04. The highest BCUT2D eigenvalue weighted by Gasteiger charge is 2.14. The van der Waals surface area contributed by atoms with Gasteiger partial charge in [0.05, 0.1) is 7.11 Å². The van der Waals surface area contributed by atoms with Crippen LogP contribution in [-0.2, 0) is 4.74 Å². The van der Waals surface area contributed by atoms with Crippen molar-refractivity contribution in [1.82, 2.24) is 9.97 Å². The number of nitrogens with zero attached hydrogens (tertiary/aromatic N) is 2. The van der Waals surface area contributed by atoms with E-state index in [2.05, 4.69) is 14.7 Å². The zero-order chi connectivity index (χ0) is 13.0. The van der Waals surface area contributed by atoms with Crippen molar-refractivity contribution in [1.29, 1.82) is 0 Å². The molecule has 5 nitrogen and oxygen atoms in total. The molecule has 0 atom stereocenters. The summed E-state index contributed by atoms with van der Waals surface area (Å²) in [4.78, 5) is 19.3. The Bertz CT molecular complexity index is 575. The zero-order valence-corrected chi connectivity index (χ0v) is 10.2. The molecule has 0 unspecified atom stereocenters. The molecule has 0 saturated carbocycles. The number of esters is 1. The van der Waals surface area contributed by atoms with Gasteiger partial charge in [-0.15, -0.1) is 0 Å². The van der Waals surface area contributed by atoms with Gasteiger partial charge in [0.2, 0.25) is 0 Å². The van der Waals surface area contributed by atoms with E-state index in [9.17, 15) is 4.79 Å². The molecule has 0 aliphatic rings. The second-order valence-electron chi connectivity index (χ2n) is 3.24. The van der Waals surface area contributed by atoms with Gasteiger partial charge in [-0.2, -0.15) is 0 Å². The fraction of sp³-hybridized carbons (Fsp3) is 0.0833. The number of halogens is 1. The maximum absolute atomic E-state index is 11.5. The molecule has 0 aliphatic carbocycles. The lowest BCUT2D eigenvalue weighted by Crippen LogP contribution is -2.04. The molecular weight excluding hydrogens is 256 g/mol. The third-order valence-corrected chi connectivity index (χ3v) is 2.38. The van der Waals surface area contributed by atoms with E-state index in [1.807, 2.05) is 0 Å². The Kier molecular flexibility index (Phi) is 3.74. The zero-order valence-electron chi connectivity index (χ0n) is 9.46. The minimum atomic E-state index is -0.495. The van der Waals surface area contributed by atoms with E-state index in [1.54, 1.807) is 24.3 Å². The van der Waals surface area contributed by atoms with Crippen LogP contribution in [0.3, 0.4) is 0 Å². The van der Waals surface area contributed by atoms with Crippen LogP contribution in [-0.4, -0.2) is 23.0 Å². The highest BCUT2D eigenvalue weighted by molar-refractivity contribution is 6.30. The van der Waals surface area contributed by atoms with Crippen LogP contribution in [0.4, 0.5) is 0 Å². The van der Waals surface area contributed by atoms with Crippen LogP contribution in [0.25, 0.3) is 0 Å². The molecule has 92 valence electrons. The molecule has 18 heavy (non-hydrogen) atoms. The Morgan fingerprint density at radius 3 is 2.67 bits per heavy atom. The van der Waals surface area contributed by atoms with Gasteiger partial charge in [-0.25, -0.2) is 14.8 Å². The molecule has 1 heterocycles. The highest BCUT2D eigenvalue weighted by Crippen LogP contribution is 2.27. The van der Waals surface area contributed by atoms with Gasteiger partial charge >= 0.3 is 5.97 Å². The van der Waals surface area contributed by atoms with Gasteiger partial charge in [0.15, 0.2) is 5.15 Å². The Hall–Kier alpha value is -2.14. The molecular formula is C12H9ClN2O3. The number of carbonyl (C=O) groups excluding carboxylic acids is 1. The van der Waals surface area contributed by atoms with Crippen molar-refractivity contribution in [3.8, 4) is 11.6 Å². The molecule has 2 rings (SSSR count). The summed E-state index contributed by atoms with van der Waals surface area (Å²) < 4.78 is 10.1. The standard InChI is InChI=1S/C12H9ClN2O3/c1-17-12(16)8-4-2-3-5-9(8)18-11-10(13)14-6-7-15-11/h2-7H,1H3. The number of methoxy groups -OCH3 is 1. The number of hydrogen-bond donors (Lipinski definition) is 0. The minimum Gasteiger partial charge on any atom is -0.465 e. The monoisotopic (exact) mass is 264 g/mol. The average molecular weight is 265 g/mol. The van der Waals surface area contributed by atoms with Gasteiger partial charge < -0.3 is 9.47 Å². The molecule has 0 radical (unpaired) electrons. The lowest BCUT2D eigenvalue weighted by molar-refractivity contribution is 0.0598. The molecule has 0 bridgehead atoms. The molecule has 0 fully saturated rings. The Morgan fingerprint density at radius 2 is 1.94 bits per heavy atom. The van der Waals surface area contributed by atoms with E-state index in [4.69, 9.17) is 16.3 Å². The van der Waals surface area contributed by atoms with Crippen molar-refractivity contribution in [3.63, 3.8) is 0 Å². The first-order valence-corrected chi connectivity index (χ1v) is 5.42. The van der Waals surface area contributed by atoms with E-state index >= 15 is 0 Å². The lowest BCUT2D eigenvalue weighted by Gasteiger charge is -2.09. The number of aromatic nitrogens is 2. The van der Waals surface area contributed by atoms with Crippen LogP contribution >= 0.6 is 11.6 Å². The van der Waals surface area contributed by atoms with Crippen LogP contribution in [0.15, 0.2) is 36.7 Å². The van der Waals surface area contributed by atoms with E-state index in [1.165, 1.54) is 19.5 Å². The van der Waals surface area contributed by atoms with E-state index in [0.717, 1.165) is 0 Å². The summed E-state index contributed by atoms with van der Waals surface area (Å²) in [7, 11) is 1.30. The molecule has 1 aromatic carbocycles. The number of ether oxygens (including phenoxy) is 2. The topological polar surface area (TPSA) is 61.3 Å². The van der Waals surface area contributed by atoms with Crippen molar-refractivity contribution in [2.75, 3.05) is 7.11 Å². The van der Waals surface area contributed by atoms with Crippen molar-refractivity contribution >= 4 is 17.6 Å². The average Bonchev–Trinajstić information content (AvgIpc) is 2.41. The predicted molar refractivity (Wildman–Crippen MR) is 64.9 cm³/mol. The van der Waals surface area contributed by atoms with Crippen molar-refractivity contribution in [2.24, 2.45) is 0 Å². The SMILES string of the molecule is COC(=O)c1ccccc1Oc1nccnc1Cl. The van der Waals surface area contributed by atoms with Crippen LogP contribution in [0.1, 0.15) is 10.4 Å². The number of benzene rings is 1. The summed E-state index contributed by atoms with van der Waals surface area (Å²) in [6.45, 7) is 0. The van der Waals surface area contributed by atoms with Crippen LogP contribution < -0.4 is 4.74 Å². The maximum atomic E-state index is 11.5. The fourth-order valence-electron chi connectivity index (χ4n) is 1.32.